The molecule has 0 amide bonds. The number of hydrogen-bond acceptors (Lipinski definition) is 2. The average molecular weight is 442 g/mol. The number of ketones is 1. The summed E-state index contributed by atoms with van der Waals surface area (Å²) in [5.41, 5.74) is 1.93. The van der Waals surface area contributed by atoms with E-state index in [0.29, 0.717) is 17.1 Å². The Bertz CT molecular complexity index is 556. The van der Waals surface area contributed by atoms with Crippen molar-refractivity contribution in [3.63, 3.8) is 0 Å². The maximum absolute atomic E-state index is 11.8. The van der Waals surface area contributed by atoms with Crippen molar-refractivity contribution in [3.8, 4) is 0 Å². The summed E-state index contributed by atoms with van der Waals surface area (Å²) < 4.78 is 7.54. The summed E-state index contributed by atoms with van der Waals surface area (Å²) >= 11 is 2.43. The summed E-state index contributed by atoms with van der Waals surface area (Å²) in [5, 5.41) is 0. The van der Waals surface area contributed by atoms with E-state index in [2.05, 4.69) is 36.4 Å². The molecule has 0 bridgehead atoms. The van der Waals surface area contributed by atoms with Crippen LogP contribution < -0.4 is 0 Å². The van der Waals surface area contributed by atoms with E-state index in [1.54, 1.807) is 0 Å². The molecule has 0 heterocycles. The fraction of sp³-hybridized carbons (Fsp3) is 0.857. The minimum absolute atomic E-state index is 0.0758. The van der Waals surface area contributed by atoms with Gasteiger partial charge in [0.15, 0.2) is 5.78 Å². The normalized spacial score (nSPS) is 47.6. The van der Waals surface area contributed by atoms with E-state index in [0.717, 1.165) is 41.6 Å². The molecule has 0 N–H and O–H groups in total. The van der Waals surface area contributed by atoms with Crippen molar-refractivity contribution in [2.24, 2.45) is 29.1 Å². The first-order valence-corrected chi connectivity index (χ1v) is 11.4. The molecule has 3 heteroatoms. The van der Waals surface area contributed by atoms with Gasteiger partial charge in [0, 0.05) is 10.8 Å². The van der Waals surface area contributed by atoms with E-state index in [1.165, 1.54) is 44.1 Å². The Labute approximate surface area is 160 Å². The summed E-state index contributed by atoms with van der Waals surface area (Å²) in [7, 11) is 0. The zero-order valence-electron chi connectivity index (χ0n) is 15.2. The van der Waals surface area contributed by atoms with E-state index >= 15 is 0 Å². The molecule has 3 fully saturated rings. The Morgan fingerprint density at radius 3 is 2.75 bits per heavy atom. The second-order valence-corrected chi connectivity index (χ2v) is 10.1. The molecule has 24 heavy (non-hydrogen) atoms. The lowest BCUT2D eigenvalue weighted by Crippen LogP contribution is -2.52. The summed E-state index contributed by atoms with van der Waals surface area (Å²) in [6, 6.07) is 0. The van der Waals surface area contributed by atoms with Gasteiger partial charge in [0.25, 0.3) is 0 Å². The number of alkyl halides is 1. The van der Waals surface area contributed by atoms with Crippen molar-refractivity contribution in [1.29, 1.82) is 0 Å². The fourth-order valence-electron chi connectivity index (χ4n) is 6.91. The quantitative estimate of drug-likeness (QED) is 0.436. The Morgan fingerprint density at radius 1 is 1.12 bits per heavy atom. The number of halogens is 1. The van der Waals surface area contributed by atoms with Crippen molar-refractivity contribution >= 4 is 28.4 Å². The van der Waals surface area contributed by atoms with E-state index in [1.807, 2.05) is 6.08 Å². The van der Waals surface area contributed by atoms with Gasteiger partial charge in [0.2, 0.25) is 0 Å². The van der Waals surface area contributed by atoms with E-state index < -0.39 is 0 Å². The summed E-state index contributed by atoms with van der Waals surface area (Å²) in [6.45, 7) is 5.82. The van der Waals surface area contributed by atoms with Crippen molar-refractivity contribution in [2.45, 2.75) is 70.8 Å². The van der Waals surface area contributed by atoms with Crippen LogP contribution in [0.4, 0.5) is 0 Å². The third kappa shape index (κ3) is 2.55. The lowest BCUT2D eigenvalue weighted by atomic mass is 9.51. The minimum Gasteiger partial charge on any atom is -0.374 e. The van der Waals surface area contributed by atoms with Crippen LogP contribution in [0.2, 0.25) is 0 Å². The van der Waals surface area contributed by atoms with Crippen LogP contribution in [0.3, 0.4) is 0 Å². The van der Waals surface area contributed by atoms with Gasteiger partial charge in [0.05, 0.1) is 12.2 Å². The molecular formula is C21H31IO2. The molecule has 0 saturated heterocycles. The summed E-state index contributed by atoms with van der Waals surface area (Å²) in [4.78, 5) is 11.8. The van der Waals surface area contributed by atoms with Crippen LogP contribution in [0, 0.1) is 29.1 Å². The highest BCUT2D eigenvalue weighted by Crippen LogP contribution is 2.65. The summed E-state index contributed by atoms with van der Waals surface area (Å²) in [5.74, 6) is 3.62. The molecule has 0 spiro atoms. The molecule has 6 atom stereocenters. The zero-order valence-corrected chi connectivity index (χ0v) is 17.3. The standard InChI is InChI=1S/C21H31IO2/c1-20-9-7-17-16-6-4-15(23)13-14(16)3-5-18(17)19(20)8-10-21(20,2)24-12-11-22/h13,16-19H,3-12H2,1-2H3/t16?,17?,18?,19?,20?,21-/m0/s1. The van der Waals surface area contributed by atoms with Crippen LogP contribution in [0.25, 0.3) is 0 Å². The second kappa shape index (κ2) is 6.37. The summed E-state index contributed by atoms with van der Waals surface area (Å²) in [6.07, 6.45) is 11.7. The number of fused-ring (bicyclic) bond motifs is 5. The Balaban J connectivity index is 1.58. The second-order valence-electron chi connectivity index (χ2n) is 9.07. The highest BCUT2D eigenvalue weighted by atomic mass is 127. The zero-order chi connectivity index (χ0) is 16.9. The van der Waals surface area contributed by atoms with Gasteiger partial charge in [-0.2, -0.15) is 0 Å². The van der Waals surface area contributed by atoms with Gasteiger partial charge in [-0.05, 0) is 87.0 Å². The van der Waals surface area contributed by atoms with Crippen LogP contribution in [0.1, 0.15) is 65.2 Å². The number of ether oxygens (including phenoxy) is 1. The third-order valence-corrected chi connectivity index (χ3v) is 8.77. The van der Waals surface area contributed by atoms with E-state index in [-0.39, 0.29) is 5.60 Å². The molecule has 5 unspecified atom stereocenters. The first-order valence-electron chi connectivity index (χ1n) is 9.92. The fourth-order valence-corrected chi connectivity index (χ4v) is 7.13. The monoisotopic (exact) mass is 442 g/mol. The first-order chi connectivity index (χ1) is 11.5. The van der Waals surface area contributed by atoms with Crippen molar-refractivity contribution in [3.05, 3.63) is 11.6 Å². The van der Waals surface area contributed by atoms with Crippen LogP contribution >= 0.6 is 22.6 Å². The molecule has 3 saturated carbocycles. The number of allylic oxidation sites excluding steroid dienone is 1. The molecule has 4 aliphatic carbocycles. The minimum atomic E-state index is 0.0758. The molecule has 0 aromatic rings. The Hall–Kier alpha value is 0.1000. The Kier molecular flexibility index (Phi) is 4.64. The molecular weight excluding hydrogens is 411 g/mol. The third-order valence-electron chi connectivity index (χ3n) is 8.33. The maximum Gasteiger partial charge on any atom is 0.155 e. The number of carbonyl (C=O) groups is 1. The van der Waals surface area contributed by atoms with Gasteiger partial charge >= 0.3 is 0 Å². The molecule has 2 nitrogen and oxygen atoms in total. The van der Waals surface area contributed by atoms with E-state index in [4.69, 9.17) is 4.74 Å². The Morgan fingerprint density at radius 2 is 1.96 bits per heavy atom. The smallest absolute Gasteiger partial charge is 0.155 e. The molecule has 4 rings (SSSR count). The SMILES string of the molecule is CC12CCC3C4CCC(=O)C=C4CCC3C1CC[C@]2(C)OCCI. The predicted octanol–water partition coefficient (Wildman–Crippen LogP) is 5.34. The van der Waals surface area contributed by atoms with Crippen molar-refractivity contribution in [2.75, 3.05) is 11.0 Å². The molecule has 0 aromatic heterocycles. The van der Waals surface area contributed by atoms with Crippen LogP contribution in [-0.4, -0.2) is 22.4 Å². The number of rotatable bonds is 3. The van der Waals surface area contributed by atoms with E-state index in [9.17, 15) is 4.79 Å². The first kappa shape index (κ1) is 17.5. The van der Waals surface area contributed by atoms with Gasteiger partial charge in [-0.1, -0.05) is 35.1 Å². The van der Waals surface area contributed by atoms with Gasteiger partial charge in [-0.25, -0.2) is 0 Å². The van der Waals surface area contributed by atoms with Gasteiger partial charge in [-0.3, -0.25) is 4.79 Å². The maximum atomic E-state index is 11.8. The van der Waals surface area contributed by atoms with Crippen LogP contribution in [0.15, 0.2) is 11.6 Å². The molecule has 4 aliphatic rings. The lowest BCUT2D eigenvalue weighted by Gasteiger charge is -2.56. The lowest BCUT2D eigenvalue weighted by molar-refractivity contribution is -0.139. The largest absolute Gasteiger partial charge is 0.374 e. The highest BCUT2D eigenvalue weighted by Gasteiger charge is 2.61. The highest BCUT2D eigenvalue weighted by molar-refractivity contribution is 14.1. The van der Waals surface area contributed by atoms with Crippen molar-refractivity contribution < 1.29 is 9.53 Å². The number of carbonyl (C=O) groups excluding carboxylic acids is 1. The van der Waals surface area contributed by atoms with Gasteiger partial charge in [-0.15, -0.1) is 0 Å². The van der Waals surface area contributed by atoms with Gasteiger partial charge in [0.1, 0.15) is 0 Å². The predicted molar refractivity (Wildman–Crippen MR) is 105 cm³/mol. The van der Waals surface area contributed by atoms with Crippen LogP contribution in [0.5, 0.6) is 0 Å². The number of hydrogen-bond donors (Lipinski definition) is 0. The van der Waals surface area contributed by atoms with Gasteiger partial charge < -0.3 is 4.74 Å². The van der Waals surface area contributed by atoms with Crippen molar-refractivity contribution in [1.82, 2.24) is 0 Å². The van der Waals surface area contributed by atoms with Crippen LogP contribution in [-0.2, 0) is 9.53 Å². The molecule has 134 valence electrons. The molecule has 0 radical (unpaired) electrons. The average Bonchev–Trinajstić information content (AvgIpc) is 2.84. The molecule has 0 aliphatic heterocycles. The molecule has 0 aromatic carbocycles. The topological polar surface area (TPSA) is 26.3 Å².